The average Bonchev–Trinajstić information content (AvgIpc) is 2.69. The van der Waals surface area contributed by atoms with Crippen LogP contribution < -0.4 is 15.4 Å². The summed E-state index contributed by atoms with van der Waals surface area (Å²) >= 11 is 6.00. The second-order valence-electron chi connectivity index (χ2n) is 5.58. The zero-order valence-electron chi connectivity index (χ0n) is 14.6. The van der Waals surface area contributed by atoms with Crippen LogP contribution >= 0.6 is 11.6 Å². The highest BCUT2D eigenvalue weighted by Gasteiger charge is 2.20. The molecule has 9 heteroatoms. The highest BCUT2D eigenvalue weighted by molar-refractivity contribution is 6.32. The van der Waals surface area contributed by atoms with Crippen molar-refractivity contribution in [2.75, 3.05) is 51.1 Å². The maximum absolute atomic E-state index is 12.6. The average molecular weight is 378 g/mol. The number of methoxy groups -OCH3 is 1. The highest BCUT2D eigenvalue weighted by atomic mass is 35.5. The van der Waals surface area contributed by atoms with Crippen molar-refractivity contribution < 1.29 is 14.3 Å². The number of nitrogens with one attached hydrogen (secondary N) is 2. The first-order valence-electron chi connectivity index (χ1n) is 8.14. The minimum absolute atomic E-state index is 0.0432. The predicted molar refractivity (Wildman–Crippen MR) is 99.6 cm³/mol. The van der Waals surface area contributed by atoms with E-state index in [1.807, 2.05) is 0 Å². The third-order valence-electron chi connectivity index (χ3n) is 3.97. The molecule has 2 aromatic rings. The lowest BCUT2D eigenvalue weighted by molar-refractivity contribution is 0.0302. The lowest BCUT2D eigenvalue weighted by Gasteiger charge is -2.27. The van der Waals surface area contributed by atoms with E-state index in [0.29, 0.717) is 60.1 Å². The number of aromatic nitrogens is 2. The van der Waals surface area contributed by atoms with Crippen LogP contribution in [0.4, 0.5) is 17.5 Å². The second-order valence-corrected chi connectivity index (χ2v) is 5.99. The number of benzene rings is 1. The molecule has 1 aliphatic rings. The summed E-state index contributed by atoms with van der Waals surface area (Å²) in [6.45, 7) is 2.30. The summed E-state index contributed by atoms with van der Waals surface area (Å²) < 4.78 is 10.7. The zero-order valence-corrected chi connectivity index (χ0v) is 15.3. The van der Waals surface area contributed by atoms with Gasteiger partial charge in [-0.05, 0) is 18.2 Å². The molecule has 1 aliphatic heterocycles. The van der Waals surface area contributed by atoms with Crippen LogP contribution in [0.25, 0.3) is 0 Å². The Morgan fingerprint density at radius 1 is 1.35 bits per heavy atom. The monoisotopic (exact) mass is 377 g/mol. The van der Waals surface area contributed by atoms with Gasteiger partial charge in [-0.1, -0.05) is 11.6 Å². The van der Waals surface area contributed by atoms with Gasteiger partial charge in [0, 0.05) is 25.7 Å². The molecule has 8 nitrogen and oxygen atoms in total. The van der Waals surface area contributed by atoms with Crippen LogP contribution in [0, 0.1) is 0 Å². The van der Waals surface area contributed by atoms with Crippen LogP contribution in [0.3, 0.4) is 0 Å². The molecular weight excluding hydrogens is 358 g/mol. The summed E-state index contributed by atoms with van der Waals surface area (Å²) in [4.78, 5) is 22.8. The summed E-state index contributed by atoms with van der Waals surface area (Å²) in [6.07, 6.45) is 1.51. The molecule has 1 fully saturated rings. The molecule has 1 amide bonds. The molecule has 0 bridgehead atoms. The number of anilines is 3. The summed E-state index contributed by atoms with van der Waals surface area (Å²) in [6, 6.07) is 5.22. The topological polar surface area (TPSA) is 88.6 Å². The molecule has 0 aliphatic carbocycles. The number of hydrogen-bond donors (Lipinski definition) is 2. The summed E-state index contributed by atoms with van der Waals surface area (Å²) in [5, 5.41) is 6.40. The Hall–Kier alpha value is -2.58. The van der Waals surface area contributed by atoms with Crippen molar-refractivity contribution in [3.05, 3.63) is 35.0 Å². The van der Waals surface area contributed by atoms with E-state index in [-0.39, 0.29) is 5.91 Å². The number of ether oxygens (including phenoxy) is 2. The third kappa shape index (κ3) is 3.97. The van der Waals surface area contributed by atoms with Gasteiger partial charge in [0.2, 0.25) is 5.95 Å². The van der Waals surface area contributed by atoms with Crippen LogP contribution in [-0.2, 0) is 4.74 Å². The van der Waals surface area contributed by atoms with Crippen LogP contribution in [0.1, 0.15) is 10.4 Å². The van der Waals surface area contributed by atoms with Crippen molar-refractivity contribution >= 4 is 35.0 Å². The minimum Gasteiger partial charge on any atom is -0.495 e. The fourth-order valence-electron chi connectivity index (χ4n) is 2.60. The number of hydrogen-bond acceptors (Lipinski definition) is 7. The molecule has 1 aromatic carbocycles. The fraction of sp³-hybridized carbons (Fsp3) is 0.353. The van der Waals surface area contributed by atoms with Crippen LogP contribution in [0.2, 0.25) is 5.02 Å². The van der Waals surface area contributed by atoms with Crippen molar-refractivity contribution in [1.82, 2.24) is 14.9 Å². The zero-order chi connectivity index (χ0) is 18.5. The molecular formula is C17H20ClN5O3. The Bertz CT molecular complexity index is 796. The van der Waals surface area contributed by atoms with Crippen molar-refractivity contribution in [1.29, 1.82) is 0 Å². The first-order chi connectivity index (χ1) is 12.6. The van der Waals surface area contributed by atoms with E-state index < -0.39 is 0 Å². The number of nitrogens with zero attached hydrogens (tertiary/aromatic N) is 3. The molecule has 26 heavy (non-hydrogen) atoms. The van der Waals surface area contributed by atoms with E-state index in [9.17, 15) is 4.79 Å². The van der Waals surface area contributed by atoms with Crippen molar-refractivity contribution in [3.63, 3.8) is 0 Å². The number of carbonyl (C=O) groups is 1. The maximum atomic E-state index is 12.6. The summed E-state index contributed by atoms with van der Waals surface area (Å²) in [5.41, 5.74) is 1.21. The van der Waals surface area contributed by atoms with Gasteiger partial charge in [0.25, 0.3) is 5.91 Å². The van der Waals surface area contributed by atoms with E-state index in [0.717, 1.165) is 0 Å². The third-order valence-corrected chi connectivity index (χ3v) is 4.25. The number of halogens is 1. The SMILES string of the molecule is CNc1nc(Nc2ccc(C(=O)N3CCOCC3)cc2OC)ncc1Cl. The number of amides is 1. The standard InChI is InChI=1S/C17H20ClN5O3/c1-19-15-12(18)10-20-17(22-15)21-13-4-3-11(9-14(13)25-2)16(24)23-5-7-26-8-6-23/h3-4,9-10H,5-8H2,1-2H3,(H2,19,20,21,22). The van der Waals surface area contributed by atoms with Gasteiger partial charge in [-0.3, -0.25) is 4.79 Å². The number of morpholine rings is 1. The summed E-state index contributed by atoms with van der Waals surface area (Å²) in [5.74, 6) is 1.36. The van der Waals surface area contributed by atoms with Crippen molar-refractivity contribution in [3.8, 4) is 5.75 Å². The molecule has 0 unspecified atom stereocenters. The van der Waals surface area contributed by atoms with E-state index in [2.05, 4.69) is 20.6 Å². The van der Waals surface area contributed by atoms with Gasteiger partial charge in [-0.25, -0.2) is 4.98 Å². The van der Waals surface area contributed by atoms with Gasteiger partial charge in [-0.15, -0.1) is 0 Å². The molecule has 138 valence electrons. The van der Waals surface area contributed by atoms with E-state index in [1.54, 1.807) is 37.3 Å². The van der Waals surface area contributed by atoms with Gasteiger partial charge in [0.05, 0.1) is 32.2 Å². The first kappa shape index (κ1) is 18.2. The largest absolute Gasteiger partial charge is 0.495 e. The lowest BCUT2D eigenvalue weighted by Crippen LogP contribution is -2.40. The molecule has 0 spiro atoms. The van der Waals surface area contributed by atoms with Gasteiger partial charge in [0.15, 0.2) is 0 Å². The molecule has 1 aromatic heterocycles. The molecule has 3 rings (SSSR count). The number of rotatable bonds is 5. The summed E-state index contributed by atoms with van der Waals surface area (Å²) in [7, 11) is 3.27. The van der Waals surface area contributed by atoms with Gasteiger partial charge in [-0.2, -0.15) is 4.98 Å². The Labute approximate surface area is 156 Å². The lowest BCUT2D eigenvalue weighted by atomic mass is 10.1. The number of carbonyl (C=O) groups excluding carboxylic acids is 1. The Balaban J connectivity index is 1.81. The molecule has 0 saturated carbocycles. The molecule has 2 N–H and O–H groups in total. The van der Waals surface area contributed by atoms with E-state index in [1.165, 1.54) is 6.20 Å². The van der Waals surface area contributed by atoms with E-state index in [4.69, 9.17) is 21.1 Å². The molecule has 1 saturated heterocycles. The Morgan fingerprint density at radius 2 is 2.12 bits per heavy atom. The highest BCUT2D eigenvalue weighted by Crippen LogP contribution is 2.29. The molecule has 0 atom stereocenters. The minimum atomic E-state index is -0.0432. The van der Waals surface area contributed by atoms with Gasteiger partial charge < -0.3 is 25.0 Å². The maximum Gasteiger partial charge on any atom is 0.254 e. The van der Waals surface area contributed by atoms with Crippen LogP contribution in [-0.4, -0.2) is 61.2 Å². The normalized spacial score (nSPS) is 14.0. The molecule has 2 heterocycles. The second kappa shape index (κ2) is 8.20. The predicted octanol–water partition coefficient (Wildman–Crippen LogP) is 2.40. The van der Waals surface area contributed by atoms with Crippen molar-refractivity contribution in [2.24, 2.45) is 0 Å². The Kier molecular flexibility index (Phi) is 5.75. The molecule has 0 radical (unpaired) electrons. The van der Waals surface area contributed by atoms with Crippen LogP contribution in [0.5, 0.6) is 5.75 Å². The van der Waals surface area contributed by atoms with E-state index >= 15 is 0 Å². The quantitative estimate of drug-likeness (QED) is 0.827. The Morgan fingerprint density at radius 3 is 2.81 bits per heavy atom. The van der Waals surface area contributed by atoms with Gasteiger partial charge >= 0.3 is 0 Å². The smallest absolute Gasteiger partial charge is 0.254 e. The van der Waals surface area contributed by atoms with Crippen molar-refractivity contribution in [2.45, 2.75) is 0 Å². The van der Waals surface area contributed by atoms with Gasteiger partial charge in [0.1, 0.15) is 16.6 Å². The first-order valence-corrected chi connectivity index (χ1v) is 8.52. The fourth-order valence-corrected chi connectivity index (χ4v) is 2.79. The van der Waals surface area contributed by atoms with Crippen LogP contribution in [0.15, 0.2) is 24.4 Å².